The summed E-state index contributed by atoms with van der Waals surface area (Å²) in [6.45, 7) is 3.22. The van der Waals surface area contributed by atoms with Crippen molar-refractivity contribution in [3.8, 4) is 5.75 Å². The van der Waals surface area contributed by atoms with Gasteiger partial charge in [-0.1, -0.05) is 48.5 Å². The third kappa shape index (κ3) is 4.91. The summed E-state index contributed by atoms with van der Waals surface area (Å²) < 4.78 is 5.48. The number of phenolic OH excluding ortho intramolecular Hbond substituents is 1. The number of nitrogens with one attached hydrogen (secondary N) is 1. The van der Waals surface area contributed by atoms with Crippen LogP contribution in [0.5, 0.6) is 5.75 Å². The molecule has 30 heavy (non-hydrogen) atoms. The molecule has 0 saturated heterocycles. The summed E-state index contributed by atoms with van der Waals surface area (Å²) in [5.41, 5.74) is 2.07. The number of Topliss-reactive ketones (excluding diaryl/α,β-unsaturated/α-hetero) is 1. The van der Waals surface area contributed by atoms with Crippen LogP contribution in [-0.4, -0.2) is 22.8 Å². The highest BCUT2D eigenvalue weighted by molar-refractivity contribution is 6.00. The first-order valence-corrected chi connectivity index (χ1v) is 9.32. The third-order valence-electron chi connectivity index (χ3n) is 4.48. The van der Waals surface area contributed by atoms with E-state index in [4.69, 9.17) is 4.74 Å². The molecule has 0 aromatic heterocycles. The van der Waals surface area contributed by atoms with Crippen molar-refractivity contribution >= 4 is 23.3 Å². The van der Waals surface area contributed by atoms with E-state index >= 15 is 0 Å². The Labute approximate surface area is 174 Å². The van der Waals surface area contributed by atoms with E-state index in [1.165, 1.54) is 19.1 Å². The second-order valence-corrected chi connectivity index (χ2v) is 6.84. The van der Waals surface area contributed by atoms with Gasteiger partial charge in [-0.2, -0.15) is 0 Å². The van der Waals surface area contributed by atoms with Crippen molar-refractivity contribution in [1.82, 2.24) is 0 Å². The molecule has 3 aromatic carbocycles. The van der Waals surface area contributed by atoms with Gasteiger partial charge in [0.2, 0.25) is 6.10 Å². The average molecular weight is 403 g/mol. The number of amides is 1. The zero-order valence-corrected chi connectivity index (χ0v) is 16.6. The van der Waals surface area contributed by atoms with Crippen molar-refractivity contribution in [2.75, 3.05) is 5.32 Å². The fourth-order valence-electron chi connectivity index (χ4n) is 2.91. The summed E-state index contributed by atoms with van der Waals surface area (Å²) >= 11 is 0. The molecule has 0 aliphatic rings. The van der Waals surface area contributed by atoms with Crippen LogP contribution in [0, 0.1) is 6.92 Å². The quantitative estimate of drug-likeness (QED) is 0.469. The lowest BCUT2D eigenvalue weighted by Gasteiger charge is -2.18. The molecule has 1 amide bonds. The Morgan fingerprint density at radius 2 is 1.67 bits per heavy atom. The van der Waals surface area contributed by atoms with E-state index in [9.17, 15) is 19.5 Å². The van der Waals surface area contributed by atoms with Gasteiger partial charge in [0.1, 0.15) is 11.3 Å². The number of aryl methyl sites for hydroxylation is 1. The predicted octanol–water partition coefficient (Wildman–Crippen LogP) is 4.44. The number of hydrogen-bond donors (Lipinski definition) is 2. The van der Waals surface area contributed by atoms with Crippen LogP contribution in [0.4, 0.5) is 5.69 Å². The summed E-state index contributed by atoms with van der Waals surface area (Å²) in [4.78, 5) is 37.2. The van der Waals surface area contributed by atoms with Gasteiger partial charge >= 0.3 is 5.97 Å². The zero-order valence-electron chi connectivity index (χ0n) is 16.6. The fraction of sp³-hybridized carbons (Fsp3) is 0.125. The summed E-state index contributed by atoms with van der Waals surface area (Å²) in [5, 5.41) is 12.8. The van der Waals surface area contributed by atoms with Gasteiger partial charge in [-0.15, -0.1) is 0 Å². The monoisotopic (exact) mass is 403 g/mol. The van der Waals surface area contributed by atoms with Crippen molar-refractivity contribution in [3.63, 3.8) is 0 Å². The molecule has 0 aliphatic heterocycles. The molecule has 3 rings (SSSR count). The third-order valence-corrected chi connectivity index (χ3v) is 4.48. The van der Waals surface area contributed by atoms with Gasteiger partial charge in [-0.05, 0) is 43.7 Å². The highest BCUT2D eigenvalue weighted by Crippen LogP contribution is 2.25. The number of aromatic hydroxyl groups is 1. The summed E-state index contributed by atoms with van der Waals surface area (Å²) in [6.07, 6.45) is -1.25. The highest BCUT2D eigenvalue weighted by atomic mass is 16.5. The molecule has 0 unspecified atom stereocenters. The van der Waals surface area contributed by atoms with E-state index in [1.54, 1.807) is 67.6 Å². The molecule has 1 atom stereocenters. The van der Waals surface area contributed by atoms with E-state index in [0.29, 0.717) is 16.8 Å². The standard InChI is InChI=1S/C24H21NO5/c1-15-11-12-20(21(27)13-15)24(29)30-22(17-7-4-3-5-8-17)23(28)25-19-10-6-9-18(14-19)16(2)26/h3-14,22,27H,1-2H3,(H,25,28)/t22-/m0/s1. The molecule has 6 nitrogen and oxygen atoms in total. The lowest BCUT2D eigenvalue weighted by molar-refractivity contribution is -0.125. The van der Waals surface area contributed by atoms with Gasteiger partial charge in [-0.3, -0.25) is 9.59 Å². The van der Waals surface area contributed by atoms with Gasteiger partial charge in [-0.25, -0.2) is 4.79 Å². The van der Waals surface area contributed by atoms with Crippen LogP contribution in [0.3, 0.4) is 0 Å². The van der Waals surface area contributed by atoms with Crippen LogP contribution >= 0.6 is 0 Å². The van der Waals surface area contributed by atoms with Crippen molar-refractivity contribution in [1.29, 1.82) is 0 Å². The molecule has 152 valence electrons. The van der Waals surface area contributed by atoms with Gasteiger partial charge in [0, 0.05) is 16.8 Å². The molecule has 0 spiro atoms. The molecule has 0 aliphatic carbocycles. The van der Waals surface area contributed by atoms with Gasteiger partial charge in [0.05, 0.1) is 0 Å². The van der Waals surface area contributed by atoms with Gasteiger partial charge < -0.3 is 15.2 Å². The first kappa shape index (κ1) is 20.8. The Morgan fingerprint density at radius 1 is 0.933 bits per heavy atom. The van der Waals surface area contributed by atoms with E-state index in [0.717, 1.165) is 5.56 Å². The van der Waals surface area contributed by atoms with Crippen molar-refractivity contribution < 1.29 is 24.2 Å². The maximum absolute atomic E-state index is 13.0. The van der Waals surface area contributed by atoms with Crippen LogP contribution in [0.25, 0.3) is 0 Å². The largest absolute Gasteiger partial charge is 0.507 e. The Hall–Kier alpha value is -3.93. The van der Waals surface area contributed by atoms with E-state index in [2.05, 4.69) is 5.32 Å². The summed E-state index contributed by atoms with van der Waals surface area (Å²) in [7, 11) is 0. The second kappa shape index (κ2) is 9.05. The lowest BCUT2D eigenvalue weighted by atomic mass is 10.1. The Morgan fingerprint density at radius 3 is 2.33 bits per heavy atom. The molecule has 2 N–H and O–H groups in total. The average Bonchev–Trinajstić information content (AvgIpc) is 2.72. The number of carbonyl (C=O) groups excluding carboxylic acids is 3. The second-order valence-electron chi connectivity index (χ2n) is 6.84. The molecule has 0 saturated carbocycles. The number of rotatable bonds is 6. The summed E-state index contributed by atoms with van der Waals surface area (Å²) in [5.74, 6) is -1.76. The normalized spacial score (nSPS) is 11.4. The van der Waals surface area contributed by atoms with Crippen molar-refractivity contribution in [2.45, 2.75) is 20.0 Å². The number of carbonyl (C=O) groups is 3. The minimum Gasteiger partial charge on any atom is -0.507 e. The first-order chi connectivity index (χ1) is 14.3. The van der Waals surface area contributed by atoms with E-state index in [1.807, 2.05) is 0 Å². The fourth-order valence-corrected chi connectivity index (χ4v) is 2.91. The van der Waals surface area contributed by atoms with Gasteiger partial charge in [0.25, 0.3) is 5.91 Å². The maximum atomic E-state index is 13.0. The number of ether oxygens (including phenoxy) is 1. The zero-order chi connectivity index (χ0) is 21.7. The first-order valence-electron chi connectivity index (χ1n) is 9.32. The Bertz CT molecular complexity index is 1090. The predicted molar refractivity (Wildman–Crippen MR) is 113 cm³/mol. The minimum atomic E-state index is -1.25. The minimum absolute atomic E-state index is 0.0343. The Kier molecular flexibility index (Phi) is 6.27. The highest BCUT2D eigenvalue weighted by Gasteiger charge is 2.27. The van der Waals surface area contributed by atoms with Crippen LogP contribution in [0.2, 0.25) is 0 Å². The van der Waals surface area contributed by atoms with E-state index in [-0.39, 0.29) is 17.1 Å². The summed E-state index contributed by atoms with van der Waals surface area (Å²) in [6, 6.07) is 19.6. The number of hydrogen-bond acceptors (Lipinski definition) is 5. The molecule has 3 aromatic rings. The SMILES string of the molecule is CC(=O)c1cccc(NC(=O)[C@@H](OC(=O)c2ccc(C)cc2O)c2ccccc2)c1. The molecule has 6 heteroatoms. The van der Waals surface area contributed by atoms with Gasteiger partial charge in [0.15, 0.2) is 5.78 Å². The van der Waals surface area contributed by atoms with Crippen LogP contribution in [-0.2, 0) is 9.53 Å². The van der Waals surface area contributed by atoms with Crippen LogP contribution in [0.15, 0.2) is 72.8 Å². The smallest absolute Gasteiger partial charge is 0.343 e. The number of ketones is 1. The molecular weight excluding hydrogens is 382 g/mol. The molecule has 0 radical (unpaired) electrons. The molecule has 0 heterocycles. The number of anilines is 1. The van der Waals surface area contributed by atoms with E-state index < -0.39 is 18.0 Å². The van der Waals surface area contributed by atoms with Crippen LogP contribution < -0.4 is 5.32 Å². The number of phenols is 1. The number of esters is 1. The molecular formula is C24H21NO5. The lowest BCUT2D eigenvalue weighted by Crippen LogP contribution is -2.26. The number of benzene rings is 3. The molecule has 0 fully saturated rings. The van der Waals surface area contributed by atoms with Crippen molar-refractivity contribution in [3.05, 3.63) is 95.1 Å². The molecule has 0 bridgehead atoms. The Balaban J connectivity index is 1.87. The van der Waals surface area contributed by atoms with Crippen LogP contribution in [0.1, 0.15) is 44.9 Å². The maximum Gasteiger partial charge on any atom is 0.343 e. The topological polar surface area (TPSA) is 92.7 Å². The van der Waals surface area contributed by atoms with Crippen molar-refractivity contribution in [2.24, 2.45) is 0 Å².